The van der Waals surface area contributed by atoms with Crippen LogP contribution in [0.3, 0.4) is 0 Å². The molecule has 2 aromatic carbocycles. The molecular weight excluding hydrogens is 440 g/mol. The number of halogens is 4. The first kappa shape index (κ1) is 22.5. The number of alkyl halides is 3. The first-order chi connectivity index (χ1) is 15.7. The molecule has 0 aliphatic carbocycles. The van der Waals surface area contributed by atoms with E-state index in [1.54, 1.807) is 12.3 Å². The highest BCUT2D eigenvalue weighted by Crippen LogP contribution is 2.33. The average molecular weight is 460 g/mol. The molecule has 4 rings (SSSR count). The maximum atomic E-state index is 13.3. The first-order valence-corrected chi connectivity index (χ1v) is 10.3. The monoisotopic (exact) mass is 460 g/mol. The van der Waals surface area contributed by atoms with Crippen molar-refractivity contribution >= 4 is 17.5 Å². The summed E-state index contributed by atoms with van der Waals surface area (Å²) in [4.78, 5) is 27.2. The van der Waals surface area contributed by atoms with Crippen LogP contribution in [0.15, 0.2) is 60.9 Å². The Hall–Kier alpha value is -3.69. The molecule has 1 aromatic heterocycles. The molecule has 1 aliphatic rings. The van der Waals surface area contributed by atoms with E-state index in [2.05, 4.69) is 10.4 Å². The highest BCUT2D eigenvalue weighted by Gasteiger charge is 2.33. The third-order valence-corrected chi connectivity index (χ3v) is 5.50. The van der Waals surface area contributed by atoms with Crippen LogP contribution in [0.4, 0.5) is 23.2 Å². The normalized spacial score (nSPS) is 16.5. The van der Waals surface area contributed by atoms with E-state index in [4.69, 9.17) is 0 Å². The molecule has 0 spiro atoms. The number of carbonyl (C=O) groups is 2. The lowest BCUT2D eigenvalue weighted by molar-refractivity contribution is -0.137. The van der Waals surface area contributed by atoms with E-state index in [9.17, 15) is 27.2 Å². The number of hydrogen-bond acceptors (Lipinski definition) is 3. The Bertz CT molecular complexity index is 1140. The van der Waals surface area contributed by atoms with Gasteiger partial charge < -0.3 is 10.2 Å². The third kappa shape index (κ3) is 5.05. The standard InChI is InChI=1S/C23H20F4N4O2/c24-18-7-4-15(5-8-18)22(33)30-11-1-3-16(14-30)21(32)29-19-13-17(23(25,26)27)6-9-20(19)31-12-2-10-28-31/h2,4-10,12-13,16H,1,3,11,14H2,(H,29,32). The number of anilines is 1. The van der Waals surface area contributed by atoms with Crippen molar-refractivity contribution in [2.45, 2.75) is 19.0 Å². The first-order valence-electron chi connectivity index (χ1n) is 10.3. The van der Waals surface area contributed by atoms with Gasteiger partial charge in [-0.2, -0.15) is 18.3 Å². The minimum absolute atomic E-state index is 0.0273. The fraction of sp³-hybridized carbons (Fsp3) is 0.261. The lowest BCUT2D eigenvalue weighted by atomic mass is 9.96. The molecule has 1 unspecified atom stereocenters. The smallest absolute Gasteiger partial charge is 0.338 e. The number of benzene rings is 2. The van der Waals surface area contributed by atoms with Crippen LogP contribution in [0.1, 0.15) is 28.8 Å². The van der Waals surface area contributed by atoms with Crippen molar-refractivity contribution in [1.29, 1.82) is 0 Å². The molecule has 1 fully saturated rings. The molecule has 1 atom stereocenters. The maximum Gasteiger partial charge on any atom is 0.416 e. The van der Waals surface area contributed by atoms with Gasteiger partial charge in [0.15, 0.2) is 0 Å². The van der Waals surface area contributed by atoms with Gasteiger partial charge in [0, 0.05) is 31.0 Å². The molecule has 10 heteroatoms. The fourth-order valence-corrected chi connectivity index (χ4v) is 3.81. The zero-order valence-electron chi connectivity index (χ0n) is 17.3. The molecule has 6 nitrogen and oxygen atoms in total. The molecule has 172 valence electrons. The zero-order chi connectivity index (χ0) is 23.6. The predicted molar refractivity (Wildman–Crippen MR) is 112 cm³/mol. The van der Waals surface area contributed by atoms with Gasteiger partial charge in [0.1, 0.15) is 5.82 Å². The predicted octanol–water partition coefficient (Wildman–Crippen LogP) is 4.52. The van der Waals surface area contributed by atoms with Crippen molar-refractivity contribution in [3.63, 3.8) is 0 Å². The molecule has 0 saturated carbocycles. The van der Waals surface area contributed by atoms with Crippen molar-refractivity contribution in [3.8, 4) is 5.69 Å². The lowest BCUT2D eigenvalue weighted by Gasteiger charge is -2.32. The number of nitrogens with zero attached hydrogens (tertiary/aromatic N) is 3. The average Bonchev–Trinajstić information content (AvgIpc) is 3.33. The summed E-state index contributed by atoms with van der Waals surface area (Å²) < 4.78 is 54.3. The van der Waals surface area contributed by atoms with E-state index < -0.39 is 29.4 Å². The van der Waals surface area contributed by atoms with Crippen LogP contribution in [0.25, 0.3) is 5.69 Å². The summed E-state index contributed by atoms with van der Waals surface area (Å²) in [5.74, 6) is -1.89. The molecule has 2 amide bonds. The minimum Gasteiger partial charge on any atom is -0.338 e. The number of nitrogens with one attached hydrogen (secondary N) is 1. The number of amides is 2. The van der Waals surface area contributed by atoms with Crippen molar-refractivity contribution in [1.82, 2.24) is 14.7 Å². The Morgan fingerprint density at radius 1 is 1.09 bits per heavy atom. The van der Waals surface area contributed by atoms with Gasteiger partial charge in [-0.05, 0) is 61.4 Å². The topological polar surface area (TPSA) is 67.2 Å². The molecule has 0 radical (unpaired) electrons. The second-order valence-electron chi connectivity index (χ2n) is 7.77. The molecule has 1 saturated heterocycles. The van der Waals surface area contributed by atoms with Crippen LogP contribution >= 0.6 is 0 Å². The van der Waals surface area contributed by atoms with Crippen molar-refractivity contribution in [2.24, 2.45) is 5.92 Å². The Morgan fingerprint density at radius 3 is 2.52 bits per heavy atom. The number of rotatable bonds is 4. The largest absolute Gasteiger partial charge is 0.416 e. The summed E-state index contributed by atoms with van der Waals surface area (Å²) in [7, 11) is 0. The molecule has 0 bridgehead atoms. The zero-order valence-corrected chi connectivity index (χ0v) is 17.3. The number of carbonyl (C=O) groups excluding carboxylic acids is 2. The number of piperidine rings is 1. The van der Waals surface area contributed by atoms with Gasteiger partial charge in [0.2, 0.25) is 5.91 Å². The van der Waals surface area contributed by atoms with Crippen LogP contribution in [0, 0.1) is 11.7 Å². The summed E-state index contributed by atoms with van der Waals surface area (Å²) in [6.07, 6.45) is -0.509. The van der Waals surface area contributed by atoms with E-state index in [1.807, 2.05) is 0 Å². The highest BCUT2D eigenvalue weighted by molar-refractivity contribution is 5.97. The Morgan fingerprint density at radius 2 is 1.85 bits per heavy atom. The van der Waals surface area contributed by atoms with Crippen molar-refractivity contribution < 1.29 is 27.2 Å². The second-order valence-corrected chi connectivity index (χ2v) is 7.77. The van der Waals surface area contributed by atoms with Gasteiger partial charge in [-0.3, -0.25) is 9.59 Å². The van der Waals surface area contributed by atoms with E-state index >= 15 is 0 Å². The van der Waals surface area contributed by atoms with Crippen LogP contribution < -0.4 is 5.32 Å². The van der Waals surface area contributed by atoms with E-state index in [0.29, 0.717) is 24.9 Å². The summed E-state index contributed by atoms with van der Waals surface area (Å²) >= 11 is 0. The minimum atomic E-state index is -4.58. The third-order valence-electron chi connectivity index (χ3n) is 5.50. The SMILES string of the molecule is O=C(Nc1cc(C(F)(F)F)ccc1-n1cccn1)C1CCCN(C(=O)c2ccc(F)cc2)C1. The van der Waals surface area contributed by atoms with Gasteiger partial charge in [-0.1, -0.05) is 0 Å². The van der Waals surface area contributed by atoms with Gasteiger partial charge in [-0.25, -0.2) is 9.07 Å². The quantitative estimate of drug-likeness (QED) is 0.583. The molecular formula is C23H20F4N4O2. The van der Waals surface area contributed by atoms with Crippen LogP contribution in [-0.4, -0.2) is 39.6 Å². The van der Waals surface area contributed by atoms with Gasteiger partial charge in [0.05, 0.1) is 22.9 Å². The van der Waals surface area contributed by atoms with E-state index in [-0.39, 0.29) is 23.8 Å². The molecule has 33 heavy (non-hydrogen) atoms. The van der Waals surface area contributed by atoms with Crippen LogP contribution in [-0.2, 0) is 11.0 Å². The number of likely N-dealkylation sites (tertiary alicyclic amines) is 1. The summed E-state index contributed by atoms with van der Waals surface area (Å²) in [6, 6.07) is 9.79. The number of aromatic nitrogens is 2. The molecule has 2 heterocycles. The van der Waals surface area contributed by atoms with Crippen LogP contribution in [0.5, 0.6) is 0 Å². The summed E-state index contributed by atoms with van der Waals surface area (Å²) in [6.45, 7) is 0.542. The Kier molecular flexibility index (Phi) is 6.17. The fourth-order valence-electron chi connectivity index (χ4n) is 3.81. The molecule has 1 N–H and O–H groups in total. The van der Waals surface area contributed by atoms with E-state index in [1.165, 1.54) is 46.1 Å². The van der Waals surface area contributed by atoms with E-state index in [0.717, 1.165) is 12.1 Å². The molecule has 3 aromatic rings. The van der Waals surface area contributed by atoms with Crippen LogP contribution in [0.2, 0.25) is 0 Å². The lowest BCUT2D eigenvalue weighted by Crippen LogP contribution is -2.43. The maximum absolute atomic E-state index is 13.3. The summed E-state index contributed by atoms with van der Waals surface area (Å²) in [5, 5.41) is 6.64. The number of hydrogen-bond donors (Lipinski definition) is 1. The van der Waals surface area contributed by atoms with Gasteiger partial charge in [-0.15, -0.1) is 0 Å². The Labute approximate surface area is 186 Å². The van der Waals surface area contributed by atoms with Gasteiger partial charge in [0.25, 0.3) is 5.91 Å². The second kappa shape index (κ2) is 9.05. The van der Waals surface area contributed by atoms with Crippen molar-refractivity contribution in [3.05, 3.63) is 77.9 Å². The van der Waals surface area contributed by atoms with Crippen molar-refractivity contribution in [2.75, 3.05) is 18.4 Å². The molecule has 1 aliphatic heterocycles. The Balaban J connectivity index is 1.53. The highest BCUT2D eigenvalue weighted by atomic mass is 19.4. The van der Waals surface area contributed by atoms with Gasteiger partial charge >= 0.3 is 6.18 Å². The summed E-state index contributed by atoms with van der Waals surface area (Å²) in [5.41, 5.74) is -0.335.